The van der Waals surface area contributed by atoms with Gasteiger partial charge < -0.3 is 15.8 Å². The maximum absolute atomic E-state index is 12.6. The Morgan fingerprint density at radius 1 is 1.24 bits per heavy atom. The molecule has 132 valence electrons. The summed E-state index contributed by atoms with van der Waals surface area (Å²) in [5.74, 6) is -2.18. The van der Waals surface area contributed by atoms with Gasteiger partial charge in [-0.2, -0.15) is 0 Å². The van der Waals surface area contributed by atoms with E-state index in [1.165, 1.54) is 0 Å². The number of benzene rings is 1. The van der Waals surface area contributed by atoms with Crippen molar-refractivity contribution in [3.63, 3.8) is 0 Å². The summed E-state index contributed by atoms with van der Waals surface area (Å²) < 4.78 is 4.92. The fourth-order valence-electron chi connectivity index (χ4n) is 2.50. The molecule has 0 bridgehead atoms. The molecule has 0 fully saturated rings. The molecule has 2 aromatic rings. The van der Waals surface area contributed by atoms with Gasteiger partial charge in [-0.25, -0.2) is 0 Å². The van der Waals surface area contributed by atoms with E-state index in [-0.39, 0.29) is 13.0 Å². The van der Waals surface area contributed by atoms with Gasteiger partial charge in [0.1, 0.15) is 6.04 Å². The zero-order valence-corrected chi connectivity index (χ0v) is 14.2. The highest BCUT2D eigenvalue weighted by Crippen LogP contribution is 2.16. The van der Waals surface area contributed by atoms with E-state index in [1.54, 1.807) is 38.2 Å². The predicted octanol–water partition coefficient (Wildman–Crippen LogP) is 1.41. The molecule has 0 radical (unpaired) electrons. The highest BCUT2D eigenvalue weighted by atomic mass is 16.5. The number of fused-ring (bicyclic) bond motifs is 1. The van der Waals surface area contributed by atoms with Gasteiger partial charge >= 0.3 is 5.97 Å². The van der Waals surface area contributed by atoms with Crippen LogP contribution in [-0.4, -0.2) is 35.4 Å². The fourth-order valence-corrected chi connectivity index (χ4v) is 2.50. The third-order valence-electron chi connectivity index (χ3n) is 3.80. The molecule has 0 unspecified atom stereocenters. The van der Waals surface area contributed by atoms with Gasteiger partial charge in [0.15, 0.2) is 0 Å². The molecule has 25 heavy (non-hydrogen) atoms. The van der Waals surface area contributed by atoms with Gasteiger partial charge in [-0.1, -0.05) is 25.1 Å². The molecule has 2 amide bonds. The molecule has 0 saturated carbocycles. The van der Waals surface area contributed by atoms with Crippen molar-refractivity contribution in [3.05, 3.63) is 42.1 Å². The molecule has 3 N–H and O–H groups in total. The molecule has 2 rings (SSSR count). The van der Waals surface area contributed by atoms with Crippen LogP contribution >= 0.6 is 0 Å². The van der Waals surface area contributed by atoms with E-state index >= 15 is 0 Å². The van der Waals surface area contributed by atoms with Crippen molar-refractivity contribution in [2.24, 2.45) is 11.7 Å². The van der Waals surface area contributed by atoms with Crippen molar-refractivity contribution >= 4 is 28.7 Å². The van der Waals surface area contributed by atoms with E-state index in [2.05, 4.69) is 10.3 Å². The lowest BCUT2D eigenvalue weighted by molar-refractivity contribution is -0.147. The molecule has 0 saturated heterocycles. The van der Waals surface area contributed by atoms with Crippen LogP contribution in [0, 0.1) is 5.92 Å². The summed E-state index contributed by atoms with van der Waals surface area (Å²) in [7, 11) is 0. The Bertz CT molecular complexity index is 785. The van der Waals surface area contributed by atoms with Gasteiger partial charge in [-0.05, 0) is 25.5 Å². The summed E-state index contributed by atoms with van der Waals surface area (Å²) in [6, 6.07) is 7.83. The van der Waals surface area contributed by atoms with E-state index in [0.29, 0.717) is 11.1 Å². The maximum Gasteiger partial charge on any atom is 0.308 e. The number of carbonyl (C=O) groups excluding carboxylic acids is 3. The van der Waals surface area contributed by atoms with Crippen molar-refractivity contribution in [2.45, 2.75) is 26.3 Å². The van der Waals surface area contributed by atoms with E-state index in [9.17, 15) is 14.4 Å². The van der Waals surface area contributed by atoms with Crippen molar-refractivity contribution in [2.75, 3.05) is 6.61 Å². The lowest BCUT2D eigenvalue weighted by atomic mass is 10.0. The summed E-state index contributed by atoms with van der Waals surface area (Å²) in [5.41, 5.74) is 6.25. The average molecular weight is 343 g/mol. The van der Waals surface area contributed by atoms with Crippen LogP contribution in [0.25, 0.3) is 10.9 Å². The highest BCUT2D eigenvalue weighted by molar-refractivity contribution is 6.06. The number of hydrogen-bond donors (Lipinski definition) is 2. The third-order valence-corrected chi connectivity index (χ3v) is 3.80. The largest absolute Gasteiger partial charge is 0.466 e. The van der Waals surface area contributed by atoms with Crippen LogP contribution in [0.5, 0.6) is 0 Å². The van der Waals surface area contributed by atoms with Gasteiger partial charge in [0.05, 0.1) is 23.6 Å². The summed E-state index contributed by atoms with van der Waals surface area (Å²) in [6.07, 6.45) is 1.66. The van der Waals surface area contributed by atoms with Crippen molar-refractivity contribution in [1.29, 1.82) is 0 Å². The Kier molecular flexibility index (Phi) is 6.05. The normalized spacial score (nSPS) is 13.0. The van der Waals surface area contributed by atoms with Crippen molar-refractivity contribution in [1.82, 2.24) is 10.3 Å². The molecule has 1 aromatic heterocycles. The number of ether oxygens (including phenoxy) is 1. The number of carbonyl (C=O) groups is 3. The number of nitrogens with two attached hydrogens (primary N) is 1. The number of nitrogens with one attached hydrogen (secondary N) is 1. The zero-order chi connectivity index (χ0) is 18.4. The molecular weight excluding hydrogens is 322 g/mol. The van der Waals surface area contributed by atoms with Crippen LogP contribution in [0.15, 0.2) is 36.5 Å². The molecule has 7 nitrogen and oxygen atoms in total. The van der Waals surface area contributed by atoms with Crippen LogP contribution in [-0.2, 0) is 14.3 Å². The molecule has 0 aliphatic carbocycles. The van der Waals surface area contributed by atoms with E-state index < -0.39 is 29.7 Å². The van der Waals surface area contributed by atoms with Crippen LogP contribution in [0.2, 0.25) is 0 Å². The lowest BCUT2D eigenvalue weighted by Crippen LogP contribution is -2.46. The SMILES string of the molecule is CCOC(=O)[C@@H](C)C[C@@H](NC(=O)c1cccc2cccnc12)C(N)=O. The average Bonchev–Trinajstić information content (AvgIpc) is 2.60. The monoisotopic (exact) mass is 343 g/mol. The van der Waals surface area contributed by atoms with Crippen LogP contribution in [0.3, 0.4) is 0 Å². The first-order valence-corrected chi connectivity index (χ1v) is 8.04. The second kappa shape index (κ2) is 8.23. The van der Waals surface area contributed by atoms with Gasteiger partial charge in [0, 0.05) is 11.6 Å². The minimum absolute atomic E-state index is 0.0676. The summed E-state index contributed by atoms with van der Waals surface area (Å²) in [6.45, 7) is 3.57. The molecule has 0 aliphatic heterocycles. The van der Waals surface area contributed by atoms with Gasteiger partial charge in [0.25, 0.3) is 5.91 Å². The topological polar surface area (TPSA) is 111 Å². The summed E-state index contributed by atoms with van der Waals surface area (Å²) in [5, 5.41) is 3.40. The Hall–Kier alpha value is -2.96. The molecule has 1 aromatic carbocycles. The number of hydrogen-bond acceptors (Lipinski definition) is 5. The first kappa shape index (κ1) is 18.4. The number of esters is 1. The number of rotatable bonds is 7. The minimum Gasteiger partial charge on any atom is -0.466 e. The Morgan fingerprint density at radius 3 is 2.64 bits per heavy atom. The smallest absolute Gasteiger partial charge is 0.308 e. The second-order valence-electron chi connectivity index (χ2n) is 5.70. The molecule has 1 heterocycles. The number of pyridine rings is 1. The first-order valence-electron chi connectivity index (χ1n) is 8.04. The number of para-hydroxylation sites is 1. The zero-order valence-electron chi connectivity index (χ0n) is 14.2. The highest BCUT2D eigenvalue weighted by Gasteiger charge is 2.26. The maximum atomic E-state index is 12.6. The number of amides is 2. The number of primary amides is 1. The van der Waals surface area contributed by atoms with Crippen LogP contribution in [0.4, 0.5) is 0 Å². The molecular formula is C18H21N3O4. The van der Waals surface area contributed by atoms with E-state index in [0.717, 1.165) is 5.39 Å². The predicted molar refractivity (Wildman–Crippen MR) is 92.6 cm³/mol. The lowest BCUT2D eigenvalue weighted by Gasteiger charge is -2.19. The Labute approximate surface area is 145 Å². The van der Waals surface area contributed by atoms with E-state index in [1.807, 2.05) is 12.1 Å². The van der Waals surface area contributed by atoms with Crippen LogP contribution < -0.4 is 11.1 Å². The second-order valence-corrected chi connectivity index (χ2v) is 5.70. The summed E-state index contributed by atoms with van der Waals surface area (Å²) in [4.78, 5) is 40.2. The van der Waals surface area contributed by atoms with Gasteiger partial charge in [0.2, 0.25) is 5.91 Å². The standard InChI is InChI=1S/C18H21N3O4/c1-3-25-18(24)11(2)10-14(16(19)22)21-17(23)13-8-4-6-12-7-5-9-20-15(12)13/h4-9,11,14H,3,10H2,1-2H3,(H2,19,22)(H,21,23)/t11-,14+/m0/s1. The third kappa shape index (κ3) is 4.53. The Balaban J connectivity index is 2.17. The molecule has 2 atom stereocenters. The molecule has 0 aliphatic rings. The molecule has 0 spiro atoms. The summed E-state index contributed by atoms with van der Waals surface area (Å²) >= 11 is 0. The van der Waals surface area contributed by atoms with Crippen molar-refractivity contribution < 1.29 is 19.1 Å². The molecule has 7 heteroatoms. The minimum atomic E-state index is -0.981. The van der Waals surface area contributed by atoms with Gasteiger partial charge in [-0.3, -0.25) is 19.4 Å². The fraction of sp³-hybridized carbons (Fsp3) is 0.333. The number of nitrogens with zero attached hydrogens (tertiary/aromatic N) is 1. The van der Waals surface area contributed by atoms with E-state index in [4.69, 9.17) is 10.5 Å². The Morgan fingerprint density at radius 2 is 1.96 bits per heavy atom. The van der Waals surface area contributed by atoms with Crippen molar-refractivity contribution in [3.8, 4) is 0 Å². The quantitative estimate of drug-likeness (QED) is 0.738. The first-order chi connectivity index (χ1) is 11.9. The number of aromatic nitrogens is 1. The van der Waals surface area contributed by atoms with Crippen LogP contribution in [0.1, 0.15) is 30.6 Å². The van der Waals surface area contributed by atoms with Gasteiger partial charge in [-0.15, -0.1) is 0 Å².